The molecule has 2 aromatic carbocycles. The van der Waals surface area contributed by atoms with E-state index in [1.165, 1.54) is 0 Å². The number of amides is 1. The van der Waals surface area contributed by atoms with E-state index in [0.29, 0.717) is 31.1 Å². The second-order valence-electron chi connectivity index (χ2n) is 6.93. The molecule has 2 aromatic rings. The third-order valence-corrected chi connectivity index (χ3v) is 4.74. The molecule has 3 rings (SSSR count). The number of benzene rings is 2. The van der Waals surface area contributed by atoms with Gasteiger partial charge in [0.15, 0.2) is 0 Å². The fraction of sp³-hybridized carbons (Fsp3) is 0.381. The molecule has 1 saturated heterocycles. The largest absolute Gasteiger partial charge is 0.366 e. The molecule has 1 amide bonds. The van der Waals surface area contributed by atoms with Gasteiger partial charge in [-0.3, -0.25) is 4.79 Å². The van der Waals surface area contributed by atoms with Crippen LogP contribution in [-0.2, 0) is 11.3 Å². The lowest BCUT2D eigenvalue weighted by atomic mass is 10.00. The summed E-state index contributed by atoms with van der Waals surface area (Å²) in [5.74, 6) is 0.391. The van der Waals surface area contributed by atoms with Crippen molar-refractivity contribution >= 4 is 5.91 Å². The van der Waals surface area contributed by atoms with Crippen LogP contribution in [-0.4, -0.2) is 30.0 Å². The zero-order valence-corrected chi connectivity index (χ0v) is 14.9. The average Bonchev–Trinajstić information content (AvgIpc) is 2.67. The number of morpholine rings is 1. The van der Waals surface area contributed by atoms with Gasteiger partial charge >= 0.3 is 0 Å². The van der Waals surface area contributed by atoms with Crippen molar-refractivity contribution in [3.05, 3.63) is 71.3 Å². The Morgan fingerprint density at radius 3 is 2.60 bits per heavy atom. The minimum atomic E-state index is -0.0935. The molecule has 4 nitrogen and oxygen atoms in total. The molecule has 132 valence electrons. The van der Waals surface area contributed by atoms with Gasteiger partial charge < -0.3 is 15.4 Å². The summed E-state index contributed by atoms with van der Waals surface area (Å²) in [4.78, 5) is 15.0. The Kier molecular flexibility index (Phi) is 5.51. The van der Waals surface area contributed by atoms with Gasteiger partial charge in [-0.25, -0.2) is 0 Å². The van der Waals surface area contributed by atoms with Gasteiger partial charge in [0.1, 0.15) is 6.10 Å². The summed E-state index contributed by atoms with van der Waals surface area (Å²) in [6, 6.07) is 17.7. The molecule has 0 bridgehead atoms. The topological polar surface area (TPSA) is 55.6 Å². The zero-order valence-electron chi connectivity index (χ0n) is 14.9. The van der Waals surface area contributed by atoms with E-state index in [0.717, 1.165) is 11.1 Å². The molecule has 0 saturated carbocycles. The molecule has 0 aromatic heterocycles. The van der Waals surface area contributed by atoms with Crippen molar-refractivity contribution in [2.24, 2.45) is 11.7 Å². The number of hydrogen-bond acceptors (Lipinski definition) is 3. The Labute approximate surface area is 149 Å². The number of nitrogens with zero attached hydrogens (tertiary/aromatic N) is 1. The third kappa shape index (κ3) is 4.09. The first-order valence-electron chi connectivity index (χ1n) is 8.87. The van der Waals surface area contributed by atoms with E-state index in [-0.39, 0.29) is 18.1 Å². The third-order valence-electron chi connectivity index (χ3n) is 4.74. The number of nitrogens with two attached hydrogens (primary N) is 1. The number of ether oxygens (including phenoxy) is 1. The highest BCUT2D eigenvalue weighted by Gasteiger charge is 2.33. The fourth-order valence-corrected chi connectivity index (χ4v) is 3.19. The van der Waals surface area contributed by atoms with Crippen LogP contribution in [0.1, 0.15) is 41.4 Å². The summed E-state index contributed by atoms with van der Waals surface area (Å²) >= 11 is 0. The van der Waals surface area contributed by atoms with Crippen molar-refractivity contribution in [3.63, 3.8) is 0 Å². The molecule has 0 radical (unpaired) electrons. The monoisotopic (exact) mass is 338 g/mol. The second-order valence-corrected chi connectivity index (χ2v) is 6.93. The van der Waals surface area contributed by atoms with E-state index >= 15 is 0 Å². The highest BCUT2D eigenvalue weighted by atomic mass is 16.5. The molecule has 1 aliphatic rings. The van der Waals surface area contributed by atoms with Crippen molar-refractivity contribution in [3.8, 4) is 0 Å². The number of hydrogen-bond donors (Lipinski definition) is 1. The van der Waals surface area contributed by atoms with E-state index in [1.807, 2.05) is 47.4 Å². The first kappa shape index (κ1) is 17.6. The van der Waals surface area contributed by atoms with Crippen molar-refractivity contribution in [1.29, 1.82) is 0 Å². The highest BCUT2D eigenvalue weighted by molar-refractivity contribution is 5.94. The minimum absolute atomic E-state index is 0.0283. The quantitative estimate of drug-likeness (QED) is 0.930. The van der Waals surface area contributed by atoms with Crippen molar-refractivity contribution in [1.82, 2.24) is 4.90 Å². The van der Waals surface area contributed by atoms with Crippen LogP contribution in [0.4, 0.5) is 0 Å². The maximum absolute atomic E-state index is 13.0. The molecule has 25 heavy (non-hydrogen) atoms. The van der Waals surface area contributed by atoms with E-state index in [2.05, 4.69) is 26.0 Å². The van der Waals surface area contributed by atoms with Crippen LogP contribution in [0.2, 0.25) is 0 Å². The highest BCUT2D eigenvalue weighted by Crippen LogP contribution is 2.29. The standard InChI is InChI=1S/C21H26N2O2/c1-15(2)19-13-23(14-20(25-19)17-8-4-3-5-9-17)21(24)18-10-6-7-16(11-18)12-22/h3-11,15,19-20H,12-14,22H2,1-2H3/t19-,20+/m1/s1. The average molecular weight is 338 g/mol. The summed E-state index contributed by atoms with van der Waals surface area (Å²) in [6.45, 7) is 5.89. The second kappa shape index (κ2) is 7.81. The van der Waals surface area contributed by atoms with Gasteiger partial charge in [-0.1, -0.05) is 56.3 Å². The summed E-state index contributed by atoms with van der Waals surface area (Å²) < 4.78 is 6.28. The molecule has 0 aliphatic carbocycles. The molecule has 0 unspecified atom stereocenters. The Bertz CT molecular complexity index is 715. The Hall–Kier alpha value is -2.17. The Balaban J connectivity index is 1.84. The molecule has 1 fully saturated rings. The van der Waals surface area contributed by atoms with Gasteiger partial charge in [-0.05, 0) is 29.2 Å². The molecular weight excluding hydrogens is 312 g/mol. The van der Waals surface area contributed by atoms with Crippen LogP contribution < -0.4 is 5.73 Å². The summed E-state index contributed by atoms with van der Waals surface area (Å²) in [5.41, 5.74) is 8.49. The van der Waals surface area contributed by atoms with E-state index in [9.17, 15) is 4.79 Å². The molecule has 4 heteroatoms. The molecular formula is C21H26N2O2. The molecule has 1 aliphatic heterocycles. The first-order chi connectivity index (χ1) is 12.1. The molecule has 2 atom stereocenters. The Morgan fingerprint density at radius 1 is 1.16 bits per heavy atom. The van der Waals surface area contributed by atoms with E-state index < -0.39 is 0 Å². The fourth-order valence-electron chi connectivity index (χ4n) is 3.19. The Morgan fingerprint density at radius 2 is 1.92 bits per heavy atom. The van der Waals surface area contributed by atoms with Crippen LogP contribution in [0.15, 0.2) is 54.6 Å². The van der Waals surface area contributed by atoms with Gasteiger partial charge in [0.2, 0.25) is 0 Å². The van der Waals surface area contributed by atoms with Gasteiger partial charge in [0, 0.05) is 18.7 Å². The molecule has 2 N–H and O–H groups in total. The first-order valence-corrected chi connectivity index (χ1v) is 8.87. The minimum Gasteiger partial charge on any atom is -0.366 e. The smallest absolute Gasteiger partial charge is 0.254 e. The SMILES string of the molecule is CC(C)[C@H]1CN(C(=O)c2cccc(CN)c2)C[C@@H](c2ccccc2)O1. The van der Waals surface area contributed by atoms with E-state index in [1.54, 1.807) is 0 Å². The van der Waals surface area contributed by atoms with Crippen molar-refractivity contribution in [2.45, 2.75) is 32.6 Å². The number of carbonyl (C=O) groups excluding carboxylic acids is 1. The van der Waals surface area contributed by atoms with Crippen LogP contribution >= 0.6 is 0 Å². The normalized spacial score (nSPS) is 20.7. The van der Waals surface area contributed by atoms with Crippen molar-refractivity contribution < 1.29 is 9.53 Å². The van der Waals surface area contributed by atoms with Gasteiger partial charge in [-0.2, -0.15) is 0 Å². The van der Waals surface area contributed by atoms with Crippen LogP contribution in [0.3, 0.4) is 0 Å². The van der Waals surface area contributed by atoms with Crippen molar-refractivity contribution in [2.75, 3.05) is 13.1 Å². The van der Waals surface area contributed by atoms with E-state index in [4.69, 9.17) is 10.5 Å². The maximum atomic E-state index is 13.0. The summed E-state index contributed by atoms with van der Waals surface area (Å²) in [6.07, 6.45) is -0.0652. The lowest BCUT2D eigenvalue weighted by Gasteiger charge is -2.40. The molecule has 0 spiro atoms. The van der Waals surface area contributed by atoms with Gasteiger partial charge in [0.05, 0.1) is 12.6 Å². The predicted molar refractivity (Wildman–Crippen MR) is 99.1 cm³/mol. The number of carbonyl (C=O) groups is 1. The maximum Gasteiger partial charge on any atom is 0.254 e. The predicted octanol–water partition coefficient (Wildman–Crippen LogP) is 3.38. The van der Waals surface area contributed by atoms with Crippen LogP contribution in [0.5, 0.6) is 0 Å². The van der Waals surface area contributed by atoms with Gasteiger partial charge in [-0.15, -0.1) is 0 Å². The number of rotatable bonds is 4. The zero-order chi connectivity index (χ0) is 17.8. The molecule has 1 heterocycles. The van der Waals surface area contributed by atoms with Gasteiger partial charge in [0.25, 0.3) is 5.91 Å². The lowest BCUT2D eigenvalue weighted by Crippen LogP contribution is -2.48. The summed E-state index contributed by atoms with van der Waals surface area (Å²) in [7, 11) is 0. The van der Waals surface area contributed by atoms with Crippen LogP contribution in [0, 0.1) is 5.92 Å². The summed E-state index contributed by atoms with van der Waals surface area (Å²) in [5, 5.41) is 0. The lowest BCUT2D eigenvalue weighted by molar-refractivity contribution is -0.0954. The van der Waals surface area contributed by atoms with Crippen LogP contribution in [0.25, 0.3) is 0 Å².